The summed E-state index contributed by atoms with van der Waals surface area (Å²) in [6.07, 6.45) is -0.684. The number of hydrogen-bond acceptors (Lipinski definition) is 5. The molecule has 5 nitrogen and oxygen atoms in total. The molecule has 0 amide bonds. The predicted octanol–water partition coefficient (Wildman–Crippen LogP) is 2.15. The van der Waals surface area contributed by atoms with Gasteiger partial charge in [-0.25, -0.2) is 0 Å². The van der Waals surface area contributed by atoms with Crippen LogP contribution < -0.4 is 19.9 Å². The van der Waals surface area contributed by atoms with Crippen LogP contribution in [0.15, 0.2) is 12.1 Å². The maximum Gasteiger partial charge on any atom is 0.131 e. The van der Waals surface area contributed by atoms with Gasteiger partial charge in [0.05, 0.1) is 39.0 Å². The molecule has 0 saturated heterocycles. The SMILES string of the molecule is COc1cc(OC)c([C@@H](N)[C@@H](O)C(C)C)c(OC)c1.Cl. The summed E-state index contributed by atoms with van der Waals surface area (Å²) < 4.78 is 15.8. The molecular weight excluding hydrogens is 282 g/mol. The smallest absolute Gasteiger partial charge is 0.131 e. The Hall–Kier alpha value is -1.17. The number of benzene rings is 1. The molecule has 0 aliphatic heterocycles. The lowest BCUT2D eigenvalue weighted by Gasteiger charge is -2.26. The molecule has 0 aliphatic carbocycles. The van der Waals surface area contributed by atoms with Gasteiger partial charge in [-0.1, -0.05) is 13.8 Å². The van der Waals surface area contributed by atoms with Gasteiger partial charge in [0.1, 0.15) is 17.2 Å². The summed E-state index contributed by atoms with van der Waals surface area (Å²) in [7, 11) is 4.66. The van der Waals surface area contributed by atoms with Crippen molar-refractivity contribution in [2.75, 3.05) is 21.3 Å². The maximum atomic E-state index is 10.1. The van der Waals surface area contributed by atoms with Crippen LogP contribution in [0.4, 0.5) is 0 Å². The third-order valence-electron chi connectivity index (χ3n) is 3.14. The molecule has 0 bridgehead atoms. The van der Waals surface area contributed by atoms with Crippen molar-refractivity contribution in [3.63, 3.8) is 0 Å². The lowest BCUT2D eigenvalue weighted by Crippen LogP contribution is -2.31. The fraction of sp³-hybridized carbons (Fsp3) is 0.571. The summed E-state index contributed by atoms with van der Waals surface area (Å²) in [5, 5.41) is 10.1. The molecule has 1 rings (SSSR count). The first-order valence-electron chi connectivity index (χ1n) is 6.19. The van der Waals surface area contributed by atoms with Crippen LogP contribution in [0.25, 0.3) is 0 Å². The molecule has 0 aromatic heterocycles. The standard InChI is InChI=1S/C14H23NO4.ClH/c1-8(2)14(16)13(15)12-10(18-4)6-9(17-3)7-11(12)19-5;/h6-8,13-14,16H,15H2,1-5H3;1H/t13-,14+;/m1./s1. The van der Waals surface area contributed by atoms with E-state index in [0.717, 1.165) is 0 Å². The van der Waals surface area contributed by atoms with Gasteiger partial charge in [-0.15, -0.1) is 12.4 Å². The number of rotatable bonds is 6. The number of methoxy groups -OCH3 is 3. The van der Waals surface area contributed by atoms with Crippen molar-refractivity contribution < 1.29 is 19.3 Å². The number of nitrogens with two attached hydrogens (primary N) is 1. The van der Waals surface area contributed by atoms with E-state index in [-0.39, 0.29) is 18.3 Å². The van der Waals surface area contributed by atoms with Gasteiger partial charge >= 0.3 is 0 Å². The molecule has 3 N–H and O–H groups in total. The van der Waals surface area contributed by atoms with E-state index in [4.69, 9.17) is 19.9 Å². The topological polar surface area (TPSA) is 73.9 Å². The molecule has 6 heteroatoms. The normalized spacial score (nSPS) is 13.4. The number of hydrogen-bond donors (Lipinski definition) is 2. The van der Waals surface area contributed by atoms with Gasteiger partial charge in [0.25, 0.3) is 0 Å². The van der Waals surface area contributed by atoms with Gasteiger partial charge in [-0.3, -0.25) is 0 Å². The number of halogens is 1. The van der Waals surface area contributed by atoms with Gasteiger partial charge in [-0.05, 0) is 5.92 Å². The van der Waals surface area contributed by atoms with Crippen molar-refractivity contribution in [3.8, 4) is 17.2 Å². The van der Waals surface area contributed by atoms with E-state index in [1.165, 1.54) is 0 Å². The van der Waals surface area contributed by atoms with Crippen molar-refractivity contribution in [2.24, 2.45) is 11.7 Å². The summed E-state index contributed by atoms with van der Waals surface area (Å²) in [6.45, 7) is 3.82. The second-order valence-corrected chi connectivity index (χ2v) is 4.71. The minimum absolute atomic E-state index is 0. The van der Waals surface area contributed by atoms with Crippen LogP contribution in [-0.2, 0) is 0 Å². The number of aliphatic hydroxyl groups is 1. The van der Waals surface area contributed by atoms with E-state index in [1.54, 1.807) is 33.5 Å². The van der Waals surface area contributed by atoms with E-state index < -0.39 is 12.1 Å². The van der Waals surface area contributed by atoms with E-state index in [2.05, 4.69) is 0 Å². The third kappa shape index (κ3) is 3.91. The summed E-state index contributed by atoms with van der Waals surface area (Å²) in [4.78, 5) is 0. The fourth-order valence-corrected chi connectivity index (χ4v) is 1.95. The molecule has 1 aromatic rings. The van der Waals surface area contributed by atoms with Gasteiger partial charge in [0.15, 0.2) is 0 Å². The Kier molecular flexibility index (Phi) is 7.71. The zero-order valence-electron chi connectivity index (χ0n) is 12.5. The minimum Gasteiger partial charge on any atom is -0.496 e. The van der Waals surface area contributed by atoms with Crippen molar-refractivity contribution >= 4 is 12.4 Å². The van der Waals surface area contributed by atoms with Crippen LogP contribution in [0.5, 0.6) is 17.2 Å². The number of aliphatic hydroxyl groups excluding tert-OH is 1. The summed E-state index contributed by atoms with van der Waals surface area (Å²) in [6, 6.07) is 2.87. The molecule has 2 atom stereocenters. The molecule has 0 aliphatic rings. The van der Waals surface area contributed by atoms with Gasteiger partial charge in [-0.2, -0.15) is 0 Å². The number of ether oxygens (including phenoxy) is 3. The third-order valence-corrected chi connectivity index (χ3v) is 3.14. The zero-order chi connectivity index (χ0) is 14.6. The monoisotopic (exact) mass is 305 g/mol. The van der Waals surface area contributed by atoms with Crippen LogP contribution in [0, 0.1) is 5.92 Å². The summed E-state index contributed by atoms with van der Waals surface area (Å²) >= 11 is 0. The molecule has 0 radical (unpaired) electrons. The van der Waals surface area contributed by atoms with Gasteiger partial charge in [0.2, 0.25) is 0 Å². The van der Waals surface area contributed by atoms with E-state index >= 15 is 0 Å². The lowest BCUT2D eigenvalue weighted by atomic mass is 9.93. The molecule has 1 aromatic carbocycles. The van der Waals surface area contributed by atoms with Crippen molar-refractivity contribution in [1.29, 1.82) is 0 Å². The second kappa shape index (κ2) is 8.19. The summed E-state index contributed by atoms with van der Waals surface area (Å²) in [5.74, 6) is 1.74. The molecule has 0 spiro atoms. The van der Waals surface area contributed by atoms with Crippen LogP contribution in [0.2, 0.25) is 0 Å². The average Bonchev–Trinajstić information content (AvgIpc) is 2.43. The molecule has 0 heterocycles. The molecule has 20 heavy (non-hydrogen) atoms. The minimum atomic E-state index is -0.684. The summed E-state index contributed by atoms with van der Waals surface area (Å²) in [5.41, 5.74) is 6.78. The Bertz CT molecular complexity index is 401. The van der Waals surface area contributed by atoms with Gasteiger partial charge < -0.3 is 25.1 Å². The Morgan fingerprint density at radius 1 is 1.00 bits per heavy atom. The van der Waals surface area contributed by atoms with Gasteiger partial charge in [0, 0.05) is 12.1 Å². The van der Waals surface area contributed by atoms with E-state index in [1.807, 2.05) is 13.8 Å². The van der Waals surface area contributed by atoms with Crippen LogP contribution in [0.3, 0.4) is 0 Å². The largest absolute Gasteiger partial charge is 0.496 e. The van der Waals surface area contributed by atoms with Crippen LogP contribution in [0.1, 0.15) is 25.5 Å². The van der Waals surface area contributed by atoms with E-state index in [9.17, 15) is 5.11 Å². The highest BCUT2D eigenvalue weighted by Gasteiger charge is 2.27. The molecular formula is C14H24ClNO4. The predicted molar refractivity (Wildman–Crippen MR) is 81.1 cm³/mol. The highest BCUT2D eigenvalue weighted by Crippen LogP contribution is 2.39. The first-order chi connectivity index (χ1) is 8.96. The van der Waals surface area contributed by atoms with E-state index in [0.29, 0.717) is 22.8 Å². The zero-order valence-corrected chi connectivity index (χ0v) is 13.4. The van der Waals surface area contributed by atoms with Crippen LogP contribution in [-0.4, -0.2) is 32.5 Å². The molecule has 0 unspecified atom stereocenters. The first-order valence-corrected chi connectivity index (χ1v) is 6.19. The molecule has 0 saturated carbocycles. The van der Waals surface area contributed by atoms with Crippen molar-refractivity contribution in [1.82, 2.24) is 0 Å². The highest BCUT2D eigenvalue weighted by molar-refractivity contribution is 5.85. The maximum absolute atomic E-state index is 10.1. The lowest BCUT2D eigenvalue weighted by molar-refractivity contribution is 0.0958. The molecule has 0 fully saturated rings. The first kappa shape index (κ1) is 18.8. The Morgan fingerprint density at radius 2 is 1.45 bits per heavy atom. The van der Waals surface area contributed by atoms with Crippen molar-refractivity contribution in [2.45, 2.75) is 26.0 Å². The molecule has 116 valence electrons. The Morgan fingerprint density at radius 3 is 1.75 bits per heavy atom. The second-order valence-electron chi connectivity index (χ2n) is 4.71. The average molecular weight is 306 g/mol. The fourth-order valence-electron chi connectivity index (χ4n) is 1.95. The quantitative estimate of drug-likeness (QED) is 0.842. The van der Waals surface area contributed by atoms with Crippen LogP contribution >= 0.6 is 12.4 Å². The van der Waals surface area contributed by atoms with Crippen molar-refractivity contribution in [3.05, 3.63) is 17.7 Å². The Balaban J connectivity index is 0.00000361. The highest BCUT2D eigenvalue weighted by atomic mass is 35.5. The Labute approximate surface area is 126 Å².